The van der Waals surface area contributed by atoms with Crippen molar-refractivity contribution in [1.29, 1.82) is 0 Å². The summed E-state index contributed by atoms with van der Waals surface area (Å²) in [4.78, 5) is 15.0. The molecule has 128 valence electrons. The van der Waals surface area contributed by atoms with Gasteiger partial charge in [0.2, 0.25) is 15.9 Å². The molecule has 0 unspecified atom stereocenters. The molecular weight excluding hydrogens is 412 g/mol. The highest BCUT2D eigenvalue weighted by molar-refractivity contribution is 9.10. The van der Waals surface area contributed by atoms with Crippen LogP contribution in [0.5, 0.6) is 0 Å². The fraction of sp³-hybridized carbons (Fsp3) is 0.188. The molecule has 0 radical (unpaired) electrons. The third-order valence-electron chi connectivity index (χ3n) is 3.27. The minimum atomic E-state index is -3.44. The van der Waals surface area contributed by atoms with E-state index >= 15 is 0 Å². The number of carbonyl (C=O) groups excluding carboxylic acids is 1. The summed E-state index contributed by atoms with van der Waals surface area (Å²) < 4.78 is 26.6. The molecule has 5 nitrogen and oxygen atoms in total. The topological polar surface area (TPSA) is 66.5 Å². The van der Waals surface area contributed by atoms with E-state index in [1.807, 2.05) is 11.4 Å². The Hall–Kier alpha value is -1.48. The molecule has 2 rings (SSSR count). The number of rotatable bonds is 6. The molecule has 0 spiro atoms. The summed E-state index contributed by atoms with van der Waals surface area (Å²) in [7, 11) is -0.340. The molecule has 1 amide bonds. The maximum Gasteiger partial charge on any atom is 0.246 e. The molecular formula is C16H17BrN2O3S2. The number of hydrogen-bond donors (Lipinski definition) is 1. The van der Waals surface area contributed by atoms with Crippen molar-refractivity contribution >= 4 is 49.3 Å². The van der Waals surface area contributed by atoms with Gasteiger partial charge < -0.3 is 4.90 Å². The number of hydrogen-bond acceptors (Lipinski definition) is 4. The Morgan fingerprint density at radius 1 is 1.33 bits per heavy atom. The number of benzene rings is 1. The summed E-state index contributed by atoms with van der Waals surface area (Å²) in [6, 6.07) is 8.31. The lowest BCUT2D eigenvalue weighted by atomic mass is 10.2. The number of nitrogens with zero attached hydrogens (tertiary/aromatic N) is 1. The third-order valence-corrected chi connectivity index (χ3v) is 6.38. The summed E-state index contributed by atoms with van der Waals surface area (Å²) in [5, 5.41) is 1.98. The second-order valence-corrected chi connectivity index (χ2v) is 8.83. The SMILES string of the molecule is CNS(=O)(=O)c1ccc(C=CC(=O)N(C)Cc2cc(Br)cs2)cc1. The maximum atomic E-state index is 12.1. The van der Waals surface area contributed by atoms with E-state index in [1.165, 1.54) is 25.3 Å². The summed E-state index contributed by atoms with van der Waals surface area (Å²) in [5.74, 6) is -0.119. The summed E-state index contributed by atoms with van der Waals surface area (Å²) >= 11 is 4.98. The third kappa shape index (κ3) is 5.01. The highest BCUT2D eigenvalue weighted by atomic mass is 79.9. The van der Waals surface area contributed by atoms with Gasteiger partial charge in [0.25, 0.3) is 0 Å². The van der Waals surface area contributed by atoms with Crippen molar-refractivity contribution < 1.29 is 13.2 Å². The van der Waals surface area contributed by atoms with Gasteiger partial charge in [-0.1, -0.05) is 12.1 Å². The van der Waals surface area contributed by atoms with Crippen LogP contribution in [0.15, 0.2) is 51.2 Å². The molecule has 0 aliphatic heterocycles. The van der Waals surface area contributed by atoms with Crippen molar-refractivity contribution in [3.05, 3.63) is 56.7 Å². The zero-order valence-electron chi connectivity index (χ0n) is 13.2. The standard InChI is InChI=1S/C16H17BrN2O3S2/c1-18-24(21,22)15-6-3-12(4-7-15)5-8-16(20)19(2)10-14-9-13(17)11-23-14/h3-9,11,18H,10H2,1-2H3. The lowest BCUT2D eigenvalue weighted by molar-refractivity contribution is -0.125. The van der Waals surface area contributed by atoms with Crippen LogP contribution < -0.4 is 4.72 Å². The van der Waals surface area contributed by atoms with Crippen LogP contribution in [0.3, 0.4) is 0 Å². The van der Waals surface area contributed by atoms with Gasteiger partial charge in [-0.15, -0.1) is 11.3 Å². The van der Waals surface area contributed by atoms with Crippen molar-refractivity contribution in [2.45, 2.75) is 11.4 Å². The van der Waals surface area contributed by atoms with Gasteiger partial charge in [-0.2, -0.15) is 0 Å². The van der Waals surface area contributed by atoms with Crippen LogP contribution in [0.4, 0.5) is 0 Å². The Bertz CT molecular complexity index is 842. The first kappa shape index (κ1) is 18.9. The van der Waals surface area contributed by atoms with E-state index in [0.29, 0.717) is 6.54 Å². The van der Waals surface area contributed by atoms with Gasteiger partial charge in [0, 0.05) is 27.9 Å². The Balaban J connectivity index is 2.00. The van der Waals surface area contributed by atoms with Gasteiger partial charge in [-0.05, 0) is 52.8 Å². The first-order chi connectivity index (χ1) is 11.3. The fourth-order valence-corrected chi connectivity index (χ4v) is 4.15. The van der Waals surface area contributed by atoms with Crippen molar-refractivity contribution in [2.24, 2.45) is 0 Å². The van der Waals surface area contributed by atoms with Crippen LogP contribution in [0, 0.1) is 0 Å². The molecule has 1 N–H and O–H groups in total. The maximum absolute atomic E-state index is 12.1. The number of nitrogens with one attached hydrogen (secondary N) is 1. The average molecular weight is 429 g/mol. The molecule has 0 saturated carbocycles. The molecule has 0 aliphatic carbocycles. The van der Waals surface area contributed by atoms with Gasteiger partial charge in [0.05, 0.1) is 11.4 Å². The molecule has 0 saturated heterocycles. The van der Waals surface area contributed by atoms with E-state index in [4.69, 9.17) is 0 Å². The Kier molecular flexibility index (Phi) is 6.34. The van der Waals surface area contributed by atoms with Gasteiger partial charge in [-0.25, -0.2) is 13.1 Å². The van der Waals surface area contributed by atoms with E-state index in [0.717, 1.165) is 14.9 Å². The average Bonchev–Trinajstić information content (AvgIpc) is 2.97. The molecule has 1 heterocycles. The van der Waals surface area contributed by atoms with E-state index in [-0.39, 0.29) is 10.8 Å². The number of sulfonamides is 1. The van der Waals surface area contributed by atoms with Crippen molar-refractivity contribution in [3.8, 4) is 0 Å². The van der Waals surface area contributed by atoms with Gasteiger partial charge >= 0.3 is 0 Å². The highest BCUT2D eigenvalue weighted by Crippen LogP contribution is 2.21. The van der Waals surface area contributed by atoms with Crippen molar-refractivity contribution in [1.82, 2.24) is 9.62 Å². The molecule has 0 bridgehead atoms. The first-order valence-corrected chi connectivity index (χ1v) is 10.2. The smallest absolute Gasteiger partial charge is 0.246 e. The molecule has 1 aromatic carbocycles. The normalized spacial score (nSPS) is 11.8. The monoisotopic (exact) mass is 428 g/mol. The van der Waals surface area contributed by atoms with Gasteiger partial charge in [0.15, 0.2) is 0 Å². The first-order valence-electron chi connectivity index (χ1n) is 7.01. The predicted molar refractivity (Wildman–Crippen MR) is 100 cm³/mol. The molecule has 2 aromatic rings. The van der Waals surface area contributed by atoms with Gasteiger partial charge in [-0.3, -0.25) is 4.79 Å². The number of likely N-dealkylation sites (N-methyl/N-ethyl adjacent to an activating group) is 1. The number of carbonyl (C=O) groups is 1. The Morgan fingerprint density at radius 3 is 2.54 bits per heavy atom. The minimum absolute atomic E-state index is 0.119. The van der Waals surface area contributed by atoms with Crippen molar-refractivity contribution in [2.75, 3.05) is 14.1 Å². The number of amides is 1. The number of halogens is 1. The molecule has 8 heteroatoms. The molecule has 0 fully saturated rings. The van der Waals surface area contributed by atoms with Crippen LogP contribution in [0.1, 0.15) is 10.4 Å². The summed E-state index contributed by atoms with van der Waals surface area (Å²) in [6.45, 7) is 0.540. The van der Waals surface area contributed by atoms with Crippen LogP contribution in [0.25, 0.3) is 6.08 Å². The molecule has 1 aromatic heterocycles. The van der Waals surface area contributed by atoms with Crippen molar-refractivity contribution in [3.63, 3.8) is 0 Å². The zero-order chi connectivity index (χ0) is 17.7. The van der Waals surface area contributed by atoms with E-state index < -0.39 is 10.0 Å². The van der Waals surface area contributed by atoms with E-state index in [2.05, 4.69) is 20.7 Å². The van der Waals surface area contributed by atoms with E-state index in [9.17, 15) is 13.2 Å². The molecule has 0 atom stereocenters. The molecule has 24 heavy (non-hydrogen) atoms. The largest absolute Gasteiger partial charge is 0.337 e. The lowest BCUT2D eigenvalue weighted by Crippen LogP contribution is -2.23. The van der Waals surface area contributed by atoms with E-state index in [1.54, 1.807) is 41.5 Å². The Labute approximate surface area is 154 Å². The summed E-state index contributed by atoms with van der Waals surface area (Å²) in [6.07, 6.45) is 3.14. The second-order valence-electron chi connectivity index (χ2n) is 5.04. The Morgan fingerprint density at radius 2 is 2.00 bits per heavy atom. The van der Waals surface area contributed by atoms with Crippen LogP contribution in [-0.2, 0) is 21.4 Å². The van der Waals surface area contributed by atoms with Crippen LogP contribution >= 0.6 is 27.3 Å². The minimum Gasteiger partial charge on any atom is -0.337 e. The predicted octanol–water partition coefficient (Wildman–Crippen LogP) is 3.09. The fourth-order valence-electron chi connectivity index (χ4n) is 1.92. The van der Waals surface area contributed by atoms with Crippen LogP contribution in [0.2, 0.25) is 0 Å². The number of thiophene rings is 1. The second kappa shape index (κ2) is 8.06. The van der Waals surface area contributed by atoms with Gasteiger partial charge in [0.1, 0.15) is 0 Å². The highest BCUT2D eigenvalue weighted by Gasteiger charge is 2.10. The molecule has 0 aliphatic rings. The zero-order valence-corrected chi connectivity index (χ0v) is 16.4. The lowest BCUT2D eigenvalue weighted by Gasteiger charge is -2.13. The van der Waals surface area contributed by atoms with Crippen LogP contribution in [-0.4, -0.2) is 33.3 Å². The quantitative estimate of drug-likeness (QED) is 0.718. The summed E-state index contributed by atoms with van der Waals surface area (Å²) in [5.41, 5.74) is 0.755.